The van der Waals surface area contributed by atoms with Crippen molar-refractivity contribution >= 4 is 12.1 Å². The minimum atomic E-state index is -0.713. The van der Waals surface area contributed by atoms with E-state index in [1.165, 1.54) is 6.33 Å². The number of hydrogen-bond acceptors (Lipinski definition) is 6. The van der Waals surface area contributed by atoms with Gasteiger partial charge in [-0.25, -0.2) is 14.6 Å². The summed E-state index contributed by atoms with van der Waals surface area (Å²) < 4.78 is 12.4. The number of benzene rings is 2. The van der Waals surface area contributed by atoms with Gasteiger partial charge in [0, 0.05) is 18.7 Å². The van der Waals surface area contributed by atoms with Crippen LogP contribution in [-0.2, 0) is 16.1 Å². The Morgan fingerprint density at radius 3 is 2.45 bits per heavy atom. The summed E-state index contributed by atoms with van der Waals surface area (Å²) in [6, 6.07) is 18.3. The molecule has 2 heterocycles. The molecule has 0 saturated carbocycles. The maximum atomic E-state index is 12.7. The first-order valence-corrected chi connectivity index (χ1v) is 11.0. The molecule has 172 valence electrons. The zero-order chi connectivity index (χ0) is 23.2. The van der Waals surface area contributed by atoms with E-state index in [1.807, 2.05) is 60.7 Å². The number of rotatable bonds is 6. The molecular formula is C25H27N3O5. The second kappa shape index (κ2) is 10.3. The number of ether oxygens (including phenoxy) is 2. The molecule has 0 spiro atoms. The van der Waals surface area contributed by atoms with Gasteiger partial charge >= 0.3 is 12.1 Å². The molecule has 0 radical (unpaired) electrons. The number of aliphatic hydroxyl groups is 1. The number of likely N-dealkylation sites (tertiary alicyclic amines) is 1. The Kier molecular flexibility index (Phi) is 7.04. The van der Waals surface area contributed by atoms with Gasteiger partial charge in [0.25, 0.3) is 0 Å². The highest BCUT2D eigenvalue weighted by Crippen LogP contribution is 2.31. The normalized spacial score (nSPS) is 18.1. The average molecular weight is 450 g/mol. The number of carbonyl (C=O) groups excluding carboxylic acids is 2. The highest BCUT2D eigenvalue weighted by Gasteiger charge is 2.35. The molecule has 1 aliphatic rings. The number of carbonyl (C=O) groups is 2. The fourth-order valence-electron chi connectivity index (χ4n) is 4.01. The fraction of sp³-hybridized carbons (Fsp3) is 0.320. The van der Waals surface area contributed by atoms with E-state index in [-0.39, 0.29) is 25.5 Å². The van der Waals surface area contributed by atoms with E-state index in [9.17, 15) is 14.7 Å². The van der Waals surface area contributed by atoms with Crippen LogP contribution in [0.15, 0.2) is 67.0 Å². The van der Waals surface area contributed by atoms with Crippen LogP contribution in [0.2, 0.25) is 0 Å². The SMILES string of the molecule is CCOC(=O)c1ncn(C2CN(C(=O)OCc3ccccc3)CCC2O)c1-c1ccccc1. The Bertz CT molecular complexity index is 1080. The van der Waals surface area contributed by atoms with E-state index in [0.717, 1.165) is 11.1 Å². The molecule has 1 N–H and O–H groups in total. The van der Waals surface area contributed by atoms with Crippen LogP contribution in [0.1, 0.15) is 35.4 Å². The summed E-state index contributed by atoms with van der Waals surface area (Å²) in [7, 11) is 0. The zero-order valence-electron chi connectivity index (χ0n) is 18.5. The van der Waals surface area contributed by atoms with Crippen LogP contribution in [0, 0.1) is 0 Å². The van der Waals surface area contributed by atoms with Gasteiger partial charge in [-0.15, -0.1) is 0 Å². The third-order valence-corrected chi connectivity index (χ3v) is 5.68. The summed E-state index contributed by atoms with van der Waals surface area (Å²) in [6.07, 6.45) is 0.755. The van der Waals surface area contributed by atoms with Crippen LogP contribution in [0.3, 0.4) is 0 Å². The van der Waals surface area contributed by atoms with Crippen molar-refractivity contribution in [2.45, 2.75) is 32.1 Å². The van der Waals surface area contributed by atoms with Crippen molar-refractivity contribution in [1.82, 2.24) is 14.5 Å². The number of imidazole rings is 1. The van der Waals surface area contributed by atoms with Crippen molar-refractivity contribution in [1.29, 1.82) is 0 Å². The summed E-state index contributed by atoms with van der Waals surface area (Å²) >= 11 is 0. The molecule has 2 atom stereocenters. The molecule has 1 aromatic heterocycles. The topological polar surface area (TPSA) is 93.9 Å². The highest BCUT2D eigenvalue weighted by atomic mass is 16.6. The minimum absolute atomic E-state index is 0.177. The van der Waals surface area contributed by atoms with Gasteiger partial charge in [0.15, 0.2) is 5.69 Å². The van der Waals surface area contributed by atoms with Gasteiger partial charge in [-0.2, -0.15) is 0 Å². The molecule has 4 rings (SSSR count). The number of aliphatic hydroxyl groups excluding tert-OH is 1. The molecule has 0 bridgehead atoms. The largest absolute Gasteiger partial charge is 0.461 e. The number of esters is 1. The zero-order valence-corrected chi connectivity index (χ0v) is 18.5. The van der Waals surface area contributed by atoms with Crippen molar-refractivity contribution in [2.75, 3.05) is 19.7 Å². The Balaban J connectivity index is 1.58. The fourth-order valence-corrected chi connectivity index (χ4v) is 4.01. The van der Waals surface area contributed by atoms with Gasteiger partial charge in [-0.1, -0.05) is 60.7 Å². The summed E-state index contributed by atoms with van der Waals surface area (Å²) in [5.74, 6) is -0.528. The minimum Gasteiger partial charge on any atom is -0.461 e. The number of hydrogen-bond donors (Lipinski definition) is 1. The van der Waals surface area contributed by atoms with Crippen LogP contribution in [0.25, 0.3) is 11.3 Å². The molecule has 33 heavy (non-hydrogen) atoms. The first-order chi connectivity index (χ1) is 16.1. The average Bonchev–Trinajstić information content (AvgIpc) is 3.29. The summed E-state index contributed by atoms with van der Waals surface area (Å²) in [5, 5.41) is 10.8. The summed E-state index contributed by atoms with van der Waals surface area (Å²) in [4.78, 5) is 31.2. The molecule has 2 aromatic carbocycles. The van der Waals surface area contributed by atoms with Crippen LogP contribution in [-0.4, -0.2) is 57.4 Å². The number of amides is 1. The lowest BCUT2D eigenvalue weighted by molar-refractivity contribution is 0.0235. The van der Waals surface area contributed by atoms with Crippen LogP contribution < -0.4 is 0 Å². The third kappa shape index (κ3) is 5.06. The van der Waals surface area contributed by atoms with Gasteiger partial charge in [-0.3, -0.25) is 0 Å². The molecule has 1 amide bonds. The Hall–Kier alpha value is -3.65. The monoisotopic (exact) mass is 449 g/mol. The predicted molar refractivity (Wildman–Crippen MR) is 121 cm³/mol. The predicted octanol–water partition coefficient (Wildman–Crippen LogP) is 3.67. The first-order valence-electron chi connectivity index (χ1n) is 11.0. The lowest BCUT2D eigenvalue weighted by atomic mass is 10.0. The highest BCUT2D eigenvalue weighted by molar-refractivity contribution is 5.94. The molecule has 1 aliphatic heterocycles. The molecule has 1 saturated heterocycles. The second-order valence-electron chi connectivity index (χ2n) is 7.85. The molecule has 0 aliphatic carbocycles. The maximum absolute atomic E-state index is 12.7. The van der Waals surface area contributed by atoms with Crippen molar-refractivity contribution in [3.8, 4) is 11.3 Å². The molecule has 3 aromatic rings. The van der Waals surface area contributed by atoms with E-state index >= 15 is 0 Å². The molecule has 8 heteroatoms. The molecule has 2 unspecified atom stereocenters. The first kappa shape index (κ1) is 22.5. The van der Waals surface area contributed by atoms with Crippen LogP contribution >= 0.6 is 0 Å². The standard InChI is InChI=1S/C25H27N3O5/c1-2-32-24(30)22-23(19-11-7-4-8-12-19)28(17-26-22)20-15-27(14-13-21(20)29)25(31)33-16-18-9-5-3-6-10-18/h3-12,17,20-21,29H,2,13-16H2,1H3. The van der Waals surface area contributed by atoms with Crippen LogP contribution in [0.4, 0.5) is 4.79 Å². The Morgan fingerprint density at radius 2 is 1.76 bits per heavy atom. The van der Waals surface area contributed by atoms with Gasteiger partial charge in [-0.05, 0) is 18.9 Å². The van der Waals surface area contributed by atoms with E-state index in [2.05, 4.69) is 4.98 Å². The van der Waals surface area contributed by atoms with Gasteiger partial charge in [0.05, 0.1) is 30.8 Å². The lowest BCUT2D eigenvalue weighted by Crippen LogP contribution is -2.47. The number of piperidine rings is 1. The smallest absolute Gasteiger partial charge is 0.410 e. The Labute approximate surface area is 192 Å². The maximum Gasteiger partial charge on any atom is 0.410 e. The quantitative estimate of drug-likeness (QED) is 0.577. The van der Waals surface area contributed by atoms with E-state index < -0.39 is 24.2 Å². The lowest BCUT2D eigenvalue weighted by Gasteiger charge is -2.36. The van der Waals surface area contributed by atoms with E-state index in [1.54, 1.807) is 16.4 Å². The third-order valence-electron chi connectivity index (χ3n) is 5.68. The van der Waals surface area contributed by atoms with Crippen molar-refractivity contribution in [3.63, 3.8) is 0 Å². The van der Waals surface area contributed by atoms with Crippen molar-refractivity contribution in [3.05, 3.63) is 78.2 Å². The summed E-state index contributed by atoms with van der Waals surface area (Å²) in [5.41, 5.74) is 2.41. The number of nitrogens with zero attached hydrogens (tertiary/aromatic N) is 3. The van der Waals surface area contributed by atoms with Crippen LogP contribution in [0.5, 0.6) is 0 Å². The second-order valence-corrected chi connectivity index (χ2v) is 7.85. The Morgan fingerprint density at radius 1 is 1.06 bits per heavy atom. The molecular weight excluding hydrogens is 422 g/mol. The number of aromatic nitrogens is 2. The summed E-state index contributed by atoms with van der Waals surface area (Å²) in [6.45, 7) is 2.75. The van der Waals surface area contributed by atoms with Crippen molar-refractivity contribution in [2.24, 2.45) is 0 Å². The van der Waals surface area contributed by atoms with Gasteiger partial charge in [0.2, 0.25) is 0 Å². The molecule has 8 nitrogen and oxygen atoms in total. The van der Waals surface area contributed by atoms with Gasteiger partial charge < -0.3 is 24.0 Å². The van der Waals surface area contributed by atoms with E-state index in [4.69, 9.17) is 9.47 Å². The van der Waals surface area contributed by atoms with E-state index in [0.29, 0.717) is 18.7 Å². The molecule has 1 fully saturated rings. The van der Waals surface area contributed by atoms with Crippen molar-refractivity contribution < 1.29 is 24.2 Å². The van der Waals surface area contributed by atoms with Gasteiger partial charge in [0.1, 0.15) is 6.61 Å².